The van der Waals surface area contributed by atoms with Crippen LogP contribution in [0.4, 0.5) is 0 Å². The Balaban J connectivity index is 1.90. The Kier molecular flexibility index (Phi) is 6.59. The molecule has 0 saturated carbocycles. The Bertz CT molecular complexity index is 1120. The molecule has 0 unspecified atom stereocenters. The maximum absolute atomic E-state index is 12.1. The highest BCUT2D eigenvalue weighted by atomic mass is 16.5. The molecule has 0 radical (unpaired) electrons. The van der Waals surface area contributed by atoms with Crippen LogP contribution in [0.2, 0.25) is 0 Å². The topological polar surface area (TPSA) is 104 Å². The average Bonchev–Trinajstić information content (AvgIpc) is 2.78. The molecule has 8 heteroatoms. The van der Waals surface area contributed by atoms with Crippen molar-refractivity contribution in [3.05, 3.63) is 78.3 Å². The van der Waals surface area contributed by atoms with Crippen LogP contribution in [0.5, 0.6) is 23.3 Å². The van der Waals surface area contributed by atoms with Gasteiger partial charge in [-0.1, -0.05) is 30.3 Å². The zero-order chi connectivity index (χ0) is 21.3. The van der Waals surface area contributed by atoms with Crippen molar-refractivity contribution >= 4 is 11.5 Å². The zero-order valence-electron chi connectivity index (χ0n) is 16.2. The molecule has 0 bridgehead atoms. The molecular weight excluding hydrogens is 386 g/mol. The summed E-state index contributed by atoms with van der Waals surface area (Å²) in [5, 5.41) is 9.20. The summed E-state index contributed by atoms with van der Waals surface area (Å²) in [4.78, 5) is 20.3. The summed E-state index contributed by atoms with van der Waals surface area (Å²) in [6, 6.07) is 17.2. The Morgan fingerprint density at radius 2 is 1.60 bits per heavy atom. The number of methoxy groups -OCH3 is 2. The van der Waals surface area contributed by atoms with Gasteiger partial charge in [-0.15, -0.1) is 0 Å². The fourth-order valence-electron chi connectivity index (χ4n) is 2.54. The van der Waals surface area contributed by atoms with E-state index >= 15 is 0 Å². The Labute approximate surface area is 172 Å². The second-order valence-electron chi connectivity index (χ2n) is 5.76. The minimum absolute atomic E-state index is 0.184. The van der Waals surface area contributed by atoms with Crippen LogP contribution >= 0.6 is 0 Å². The van der Waals surface area contributed by atoms with Gasteiger partial charge < -0.3 is 18.9 Å². The van der Waals surface area contributed by atoms with Crippen LogP contribution in [-0.4, -0.2) is 30.2 Å². The van der Waals surface area contributed by atoms with E-state index in [-0.39, 0.29) is 17.3 Å². The largest absolute Gasteiger partial charge is 0.503 e. The number of rotatable bonds is 7. The molecule has 1 aromatic heterocycles. The van der Waals surface area contributed by atoms with Gasteiger partial charge in [-0.25, -0.2) is 14.8 Å². The van der Waals surface area contributed by atoms with Gasteiger partial charge in [0.25, 0.3) is 0 Å². The monoisotopic (exact) mass is 403 g/mol. The second kappa shape index (κ2) is 9.71. The van der Waals surface area contributed by atoms with Gasteiger partial charge >= 0.3 is 5.97 Å². The van der Waals surface area contributed by atoms with Crippen molar-refractivity contribution in [1.82, 2.24) is 9.97 Å². The smallest absolute Gasteiger partial charge is 0.341 e. The van der Waals surface area contributed by atoms with E-state index in [9.17, 15) is 10.1 Å². The minimum Gasteiger partial charge on any atom is -0.503 e. The molecule has 1 heterocycles. The Morgan fingerprint density at radius 1 is 0.967 bits per heavy atom. The number of hydrogen-bond acceptors (Lipinski definition) is 8. The molecule has 0 amide bonds. The number of benzene rings is 2. The van der Waals surface area contributed by atoms with Crippen LogP contribution < -0.4 is 9.47 Å². The Morgan fingerprint density at radius 3 is 2.27 bits per heavy atom. The summed E-state index contributed by atoms with van der Waals surface area (Å²) in [5.41, 5.74) is 1.02. The average molecular weight is 403 g/mol. The highest BCUT2D eigenvalue weighted by Crippen LogP contribution is 2.32. The van der Waals surface area contributed by atoms with E-state index in [4.69, 9.17) is 18.9 Å². The van der Waals surface area contributed by atoms with Crippen molar-refractivity contribution in [2.45, 2.75) is 0 Å². The molecule has 0 N–H and O–H groups in total. The molecule has 0 saturated heterocycles. The van der Waals surface area contributed by atoms with Crippen LogP contribution in [0.1, 0.15) is 11.1 Å². The van der Waals surface area contributed by atoms with Crippen molar-refractivity contribution < 1.29 is 23.7 Å². The fourth-order valence-corrected chi connectivity index (χ4v) is 2.54. The highest BCUT2D eigenvalue weighted by Gasteiger charge is 2.18. The van der Waals surface area contributed by atoms with E-state index in [1.165, 1.54) is 32.9 Å². The molecule has 3 rings (SSSR count). The lowest BCUT2D eigenvalue weighted by Gasteiger charge is -2.12. The lowest BCUT2D eigenvalue weighted by Crippen LogP contribution is -2.06. The van der Waals surface area contributed by atoms with Crippen molar-refractivity contribution in [3.63, 3.8) is 0 Å². The van der Waals surface area contributed by atoms with Crippen LogP contribution in [0.15, 0.2) is 67.2 Å². The molecule has 0 fully saturated rings. The molecular formula is C22H17N3O5. The third-order valence-electron chi connectivity index (χ3n) is 3.87. The molecule has 0 aliphatic heterocycles. The molecule has 0 atom stereocenters. The molecule has 8 nitrogen and oxygen atoms in total. The summed E-state index contributed by atoms with van der Waals surface area (Å²) < 4.78 is 21.4. The van der Waals surface area contributed by atoms with E-state index in [1.54, 1.807) is 48.5 Å². The molecule has 2 aromatic carbocycles. The summed E-state index contributed by atoms with van der Waals surface area (Å²) >= 11 is 0. The van der Waals surface area contributed by atoms with E-state index in [0.717, 1.165) is 0 Å². The molecule has 150 valence electrons. The van der Waals surface area contributed by atoms with E-state index in [2.05, 4.69) is 16.0 Å². The van der Waals surface area contributed by atoms with Crippen molar-refractivity contribution in [1.29, 1.82) is 5.26 Å². The molecule has 0 aliphatic carbocycles. The maximum Gasteiger partial charge on any atom is 0.341 e. The lowest BCUT2D eigenvalue weighted by atomic mass is 10.1. The first-order valence-corrected chi connectivity index (χ1v) is 8.73. The zero-order valence-corrected chi connectivity index (χ0v) is 16.2. The van der Waals surface area contributed by atoms with Gasteiger partial charge in [0.1, 0.15) is 29.5 Å². The number of nitrogens with zero attached hydrogens (tertiary/aromatic N) is 3. The summed E-state index contributed by atoms with van der Waals surface area (Å²) in [7, 11) is 2.71. The van der Waals surface area contributed by atoms with Crippen LogP contribution in [0.3, 0.4) is 0 Å². The van der Waals surface area contributed by atoms with Crippen LogP contribution in [-0.2, 0) is 14.3 Å². The fraction of sp³-hybridized carbons (Fsp3) is 0.0909. The first kappa shape index (κ1) is 20.4. The molecule has 0 spiro atoms. The van der Waals surface area contributed by atoms with Gasteiger partial charge in [-0.3, -0.25) is 0 Å². The van der Waals surface area contributed by atoms with Gasteiger partial charge in [0, 0.05) is 5.56 Å². The Hall–Kier alpha value is -4.38. The summed E-state index contributed by atoms with van der Waals surface area (Å²) in [5.74, 6) is 0.520. The first-order chi connectivity index (χ1) is 14.7. The number of para-hydroxylation sites is 2. The highest BCUT2D eigenvalue weighted by molar-refractivity contribution is 6.17. The van der Waals surface area contributed by atoms with Gasteiger partial charge in [0.15, 0.2) is 0 Å². The van der Waals surface area contributed by atoms with Crippen LogP contribution in [0.25, 0.3) is 5.57 Å². The predicted molar refractivity (Wildman–Crippen MR) is 107 cm³/mol. The van der Waals surface area contributed by atoms with E-state index < -0.39 is 5.97 Å². The number of carbonyl (C=O) groups excluding carboxylic acids is 1. The van der Waals surface area contributed by atoms with Crippen molar-refractivity contribution in [2.75, 3.05) is 14.2 Å². The number of hydrogen-bond donors (Lipinski definition) is 0. The molecule has 30 heavy (non-hydrogen) atoms. The van der Waals surface area contributed by atoms with Gasteiger partial charge in [-0.05, 0) is 18.2 Å². The SMILES string of the molecule is CO/C=C(\C(=O)OC)c1ccccc1Oc1cc(Oc2ccccc2C#N)ncn1. The predicted octanol–water partition coefficient (Wildman–Crippen LogP) is 4.09. The first-order valence-electron chi connectivity index (χ1n) is 8.73. The van der Waals surface area contributed by atoms with E-state index in [1.807, 2.05) is 0 Å². The number of esters is 1. The molecule has 3 aromatic rings. The quantitative estimate of drug-likeness (QED) is 0.330. The van der Waals surface area contributed by atoms with Gasteiger partial charge in [0.05, 0.1) is 32.1 Å². The van der Waals surface area contributed by atoms with Gasteiger partial charge in [0.2, 0.25) is 11.8 Å². The standard InChI is InChI=1S/C22H17N3O5/c1-27-13-17(22(26)28-2)16-8-4-6-10-19(16)30-21-11-20(24-14-25-21)29-18-9-5-3-7-15(18)12-23/h3-11,13-14H,1-2H3/b17-13-. The summed E-state index contributed by atoms with van der Waals surface area (Å²) in [6.07, 6.45) is 2.55. The van der Waals surface area contributed by atoms with Gasteiger partial charge in [-0.2, -0.15) is 5.26 Å². The third kappa shape index (κ3) is 4.72. The van der Waals surface area contributed by atoms with Crippen LogP contribution in [0, 0.1) is 11.3 Å². The minimum atomic E-state index is -0.576. The number of nitriles is 1. The van der Waals surface area contributed by atoms with E-state index in [0.29, 0.717) is 22.6 Å². The second-order valence-corrected chi connectivity index (χ2v) is 5.76. The normalized spacial score (nSPS) is 10.6. The summed E-state index contributed by atoms with van der Waals surface area (Å²) in [6.45, 7) is 0. The number of aromatic nitrogens is 2. The number of carbonyl (C=O) groups is 1. The lowest BCUT2D eigenvalue weighted by molar-refractivity contribution is -0.133. The number of ether oxygens (including phenoxy) is 4. The molecule has 0 aliphatic rings. The third-order valence-corrected chi connectivity index (χ3v) is 3.87. The van der Waals surface area contributed by atoms with Crippen molar-refractivity contribution in [3.8, 4) is 29.3 Å². The maximum atomic E-state index is 12.1. The van der Waals surface area contributed by atoms with Crippen molar-refractivity contribution in [2.24, 2.45) is 0 Å².